The van der Waals surface area contributed by atoms with Gasteiger partial charge < -0.3 is 21.4 Å². The van der Waals surface area contributed by atoms with Crippen molar-refractivity contribution in [3.63, 3.8) is 0 Å². The summed E-state index contributed by atoms with van der Waals surface area (Å²) in [4.78, 5) is 0. The summed E-state index contributed by atoms with van der Waals surface area (Å²) in [6.07, 6.45) is -0.615. The molecule has 7 heteroatoms. The molecule has 1 atom stereocenters. The number of nitrogens with zero attached hydrogens (tertiary/aromatic N) is 1. The highest BCUT2D eigenvalue weighted by Crippen LogP contribution is 2.16. The van der Waals surface area contributed by atoms with E-state index in [1.807, 2.05) is 16.8 Å². The maximum absolute atomic E-state index is 13.9. The van der Waals surface area contributed by atoms with Crippen LogP contribution in [0.5, 0.6) is 0 Å². The first-order valence-corrected chi connectivity index (χ1v) is 7.23. The van der Waals surface area contributed by atoms with E-state index in [0.29, 0.717) is 17.7 Å². The lowest BCUT2D eigenvalue weighted by Gasteiger charge is -2.11. The van der Waals surface area contributed by atoms with Crippen LogP contribution in [0.1, 0.15) is 22.8 Å². The minimum Gasteiger partial charge on any atom is -0.409 e. The van der Waals surface area contributed by atoms with E-state index in [9.17, 15) is 9.50 Å². The molecule has 0 bridgehead atoms. The fraction of sp³-hybridized carbons (Fsp3) is 0.214. The SMILES string of the molecule is N/C(=N/O)c1ccc(CNCC(O)c2ccsc2)c(F)c1. The molecule has 2 aromatic rings. The molecule has 1 aromatic heterocycles. The molecule has 0 aliphatic rings. The number of hydrogen-bond donors (Lipinski definition) is 4. The number of nitrogens with one attached hydrogen (secondary N) is 1. The molecule has 0 fully saturated rings. The summed E-state index contributed by atoms with van der Waals surface area (Å²) < 4.78 is 13.9. The van der Waals surface area contributed by atoms with Crippen molar-refractivity contribution in [3.8, 4) is 0 Å². The highest BCUT2D eigenvalue weighted by atomic mass is 32.1. The molecule has 5 nitrogen and oxygen atoms in total. The first kappa shape index (κ1) is 15.4. The fourth-order valence-electron chi connectivity index (χ4n) is 1.83. The van der Waals surface area contributed by atoms with Crippen LogP contribution in [0, 0.1) is 5.82 Å². The molecule has 21 heavy (non-hydrogen) atoms. The minimum atomic E-state index is -0.615. The summed E-state index contributed by atoms with van der Waals surface area (Å²) in [5.41, 5.74) is 7.00. The van der Waals surface area contributed by atoms with E-state index in [1.165, 1.54) is 17.4 Å². The lowest BCUT2D eigenvalue weighted by atomic mass is 10.1. The van der Waals surface area contributed by atoms with Gasteiger partial charge >= 0.3 is 0 Å². The van der Waals surface area contributed by atoms with Gasteiger partial charge in [-0.25, -0.2) is 4.39 Å². The van der Waals surface area contributed by atoms with Crippen molar-refractivity contribution in [2.45, 2.75) is 12.6 Å². The number of oxime groups is 1. The van der Waals surface area contributed by atoms with E-state index in [0.717, 1.165) is 5.56 Å². The van der Waals surface area contributed by atoms with Crippen molar-refractivity contribution >= 4 is 17.2 Å². The number of aliphatic hydroxyl groups is 1. The number of hydrogen-bond acceptors (Lipinski definition) is 5. The topological polar surface area (TPSA) is 90.9 Å². The zero-order chi connectivity index (χ0) is 15.2. The Morgan fingerprint density at radius 1 is 1.43 bits per heavy atom. The van der Waals surface area contributed by atoms with E-state index in [4.69, 9.17) is 10.9 Å². The van der Waals surface area contributed by atoms with Crippen LogP contribution in [0.4, 0.5) is 4.39 Å². The minimum absolute atomic E-state index is 0.138. The monoisotopic (exact) mass is 309 g/mol. The molecular weight excluding hydrogens is 293 g/mol. The smallest absolute Gasteiger partial charge is 0.170 e. The first-order valence-electron chi connectivity index (χ1n) is 6.29. The average molecular weight is 309 g/mol. The number of halogens is 1. The van der Waals surface area contributed by atoms with Gasteiger partial charge in [0.2, 0.25) is 0 Å². The molecule has 1 aromatic carbocycles. The van der Waals surface area contributed by atoms with Crippen molar-refractivity contribution in [1.29, 1.82) is 0 Å². The molecule has 0 radical (unpaired) electrons. The Bertz CT molecular complexity index is 617. The largest absolute Gasteiger partial charge is 0.409 e. The van der Waals surface area contributed by atoms with Gasteiger partial charge in [0.05, 0.1) is 6.10 Å². The zero-order valence-corrected chi connectivity index (χ0v) is 12.0. The maximum Gasteiger partial charge on any atom is 0.170 e. The fourth-order valence-corrected chi connectivity index (χ4v) is 2.54. The Balaban J connectivity index is 1.92. The van der Waals surface area contributed by atoms with Crippen LogP contribution >= 0.6 is 11.3 Å². The molecule has 1 unspecified atom stereocenters. The summed E-state index contributed by atoms with van der Waals surface area (Å²) in [5, 5.41) is 28.0. The molecule has 0 spiro atoms. The van der Waals surface area contributed by atoms with Crippen molar-refractivity contribution < 1.29 is 14.7 Å². The predicted molar refractivity (Wildman–Crippen MR) is 79.9 cm³/mol. The van der Waals surface area contributed by atoms with Crippen LogP contribution in [0.25, 0.3) is 0 Å². The number of aliphatic hydroxyl groups excluding tert-OH is 1. The van der Waals surface area contributed by atoms with Crippen LogP contribution in [-0.4, -0.2) is 22.7 Å². The second-order valence-electron chi connectivity index (χ2n) is 4.49. The Kier molecular flexibility index (Phi) is 5.26. The lowest BCUT2D eigenvalue weighted by molar-refractivity contribution is 0.174. The number of rotatable bonds is 6. The molecule has 0 saturated carbocycles. The third-order valence-corrected chi connectivity index (χ3v) is 3.74. The quantitative estimate of drug-likeness (QED) is 0.283. The van der Waals surface area contributed by atoms with Crippen molar-refractivity contribution in [1.82, 2.24) is 5.32 Å². The third kappa shape index (κ3) is 4.01. The molecule has 5 N–H and O–H groups in total. The number of amidine groups is 1. The van der Waals surface area contributed by atoms with E-state index in [1.54, 1.807) is 12.1 Å². The summed E-state index contributed by atoms with van der Waals surface area (Å²) in [7, 11) is 0. The van der Waals surface area contributed by atoms with Crippen molar-refractivity contribution in [2.24, 2.45) is 10.9 Å². The highest BCUT2D eigenvalue weighted by Gasteiger charge is 2.09. The van der Waals surface area contributed by atoms with Gasteiger partial charge in [-0.1, -0.05) is 17.3 Å². The number of benzene rings is 1. The van der Waals surface area contributed by atoms with E-state index >= 15 is 0 Å². The molecule has 2 rings (SSSR count). The van der Waals surface area contributed by atoms with Crippen LogP contribution in [0.2, 0.25) is 0 Å². The summed E-state index contributed by atoms with van der Waals surface area (Å²) in [6, 6.07) is 6.20. The van der Waals surface area contributed by atoms with Gasteiger partial charge in [0.25, 0.3) is 0 Å². The van der Waals surface area contributed by atoms with Gasteiger partial charge in [0.1, 0.15) is 5.82 Å². The molecular formula is C14H16FN3O2S. The van der Waals surface area contributed by atoms with Gasteiger partial charge in [-0.05, 0) is 28.5 Å². The molecule has 0 saturated heterocycles. The number of thiophene rings is 1. The van der Waals surface area contributed by atoms with E-state index in [-0.39, 0.29) is 12.4 Å². The van der Waals surface area contributed by atoms with Gasteiger partial charge in [-0.15, -0.1) is 0 Å². The van der Waals surface area contributed by atoms with Crippen LogP contribution < -0.4 is 11.1 Å². The Labute approximate surface area is 125 Å². The van der Waals surface area contributed by atoms with Crippen LogP contribution in [0.3, 0.4) is 0 Å². The van der Waals surface area contributed by atoms with E-state index < -0.39 is 11.9 Å². The summed E-state index contributed by atoms with van der Waals surface area (Å²) in [6.45, 7) is 0.613. The second kappa shape index (κ2) is 7.16. The van der Waals surface area contributed by atoms with Gasteiger partial charge in [-0.3, -0.25) is 0 Å². The van der Waals surface area contributed by atoms with Gasteiger partial charge in [-0.2, -0.15) is 11.3 Å². The maximum atomic E-state index is 13.9. The second-order valence-corrected chi connectivity index (χ2v) is 5.27. The third-order valence-electron chi connectivity index (χ3n) is 3.04. The van der Waals surface area contributed by atoms with E-state index in [2.05, 4.69) is 10.5 Å². The standard InChI is InChI=1S/C14H16FN3O2S/c15-12-5-9(14(16)18-20)1-2-10(12)6-17-7-13(19)11-3-4-21-8-11/h1-5,8,13,17,19-20H,6-7H2,(H2,16,18). The number of nitrogens with two attached hydrogens (primary N) is 1. The van der Waals surface area contributed by atoms with Gasteiger partial charge in [0.15, 0.2) is 5.84 Å². The van der Waals surface area contributed by atoms with Crippen molar-refractivity contribution in [3.05, 3.63) is 57.5 Å². The average Bonchev–Trinajstić information content (AvgIpc) is 3.02. The Morgan fingerprint density at radius 2 is 2.24 bits per heavy atom. The van der Waals surface area contributed by atoms with Crippen LogP contribution in [-0.2, 0) is 6.54 Å². The molecule has 0 aliphatic heterocycles. The van der Waals surface area contributed by atoms with Crippen molar-refractivity contribution in [2.75, 3.05) is 6.54 Å². The molecule has 0 amide bonds. The molecule has 1 heterocycles. The summed E-state index contributed by atoms with van der Waals surface area (Å²) >= 11 is 1.52. The zero-order valence-electron chi connectivity index (χ0n) is 11.2. The highest BCUT2D eigenvalue weighted by molar-refractivity contribution is 7.07. The van der Waals surface area contributed by atoms with Crippen LogP contribution in [0.15, 0.2) is 40.2 Å². The molecule has 0 aliphatic carbocycles. The Hall–Kier alpha value is -1.96. The summed E-state index contributed by atoms with van der Waals surface area (Å²) in [5.74, 6) is -0.585. The lowest BCUT2D eigenvalue weighted by Crippen LogP contribution is -2.21. The first-order chi connectivity index (χ1) is 10.1. The normalized spacial score (nSPS) is 13.3. The Morgan fingerprint density at radius 3 is 2.86 bits per heavy atom. The predicted octanol–water partition coefficient (Wildman–Crippen LogP) is 1.80. The van der Waals surface area contributed by atoms with Gasteiger partial charge in [0, 0.05) is 24.2 Å². The molecule has 112 valence electrons.